The Morgan fingerprint density at radius 1 is 1.23 bits per heavy atom. The summed E-state index contributed by atoms with van der Waals surface area (Å²) in [6, 6.07) is 10.2. The Morgan fingerprint density at radius 3 is 2.62 bits per heavy atom. The predicted octanol–water partition coefficient (Wildman–Crippen LogP) is 3.64. The van der Waals surface area contributed by atoms with Gasteiger partial charge in [-0.3, -0.25) is 4.79 Å². The molecule has 1 unspecified atom stereocenters. The molecule has 0 bridgehead atoms. The first-order valence-corrected chi connectivity index (χ1v) is 9.75. The largest absolute Gasteiger partial charge is 0.311 e. The van der Waals surface area contributed by atoms with E-state index in [9.17, 15) is 9.18 Å². The zero-order valence-electron chi connectivity index (χ0n) is 15.0. The zero-order valence-corrected chi connectivity index (χ0v) is 15.8. The van der Waals surface area contributed by atoms with Crippen LogP contribution in [0.1, 0.15) is 31.4 Å². The highest BCUT2D eigenvalue weighted by atomic mass is 32.2. The normalized spacial score (nSPS) is 16.6. The number of pyridine rings is 1. The van der Waals surface area contributed by atoms with Crippen molar-refractivity contribution in [2.45, 2.75) is 20.3 Å². The van der Waals surface area contributed by atoms with E-state index in [1.165, 1.54) is 19.1 Å². The lowest BCUT2D eigenvalue weighted by Crippen LogP contribution is -2.16. The Hall–Kier alpha value is -2.54. The monoisotopic (exact) mass is 372 g/mol. The second-order valence-electron chi connectivity index (χ2n) is 5.93. The Labute approximate surface area is 155 Å². The second-order valence-corrected chi connectivity index (χ2v) is 8.00. The maximum atomic E-state index is 13.3. The number of halogens is 1. The van der Waals surface area contributed by atoms with Crippen LogP contribution < -0.4 is 5.32 Å². The number of amides is 1. The number of carbonyl (C=O) groups excluding carboxylic acids is 1. The van der Waals surface area contributed by atoms with Crippen LogP contribution in [0.3, 0.4) is 0 Å². The molecular formula is C19H21FN4OS. The van der Waals surface area contributed by atoms with Crippen LogP contribution in [0.5, 0.6) is 0 Å². The van der Waals surface area contributed by atoms with E-state index < -0.39 is 0 Å². The van der Waals surface area contributed by atoms with Gasteiger partial charge in [-0.1, -0.05) is 17.6 Å². The van der Waals surface area contributed by atoms with Gasteiger partial charge in [-0.05, 0) is 48.4 Å². The van der Waals surface area contributed by atoms with E-state index >= 15 is 0 Å². The van der Waals surface area contributed by atoms with Crippen LogP contribution >= 0.6 is 10.7 Å². The van der Waals surface area contributed by atoms with Gasteiger partial charge in [0.25, 0.3) is 0 Å². The van der Waals surface area contributed by atoms with Crippen molar-refractivity contribution in [1.29, 1.82) is 0 Å². The first-order chi connectivity index (χ1) is 12.5. The molecule has 0 fully saturated rings. The topological polar surface area (TPSA) is 57.6 Å². The second kappa shape index (κ2) is 7.78. The average Bonchev–Trinajstić information content (AvgIpc) is 2.92. The molecule has 0 saturated carbocycles. The summed E-state index contributed by atoms with van der Waals surface area (Å²) in [7, 11) is 1.76. The molecule has 7 heteroatoms. The molecule has 2 aromatic rings. The lowest BCUT2D eigenvalue weighted by molar-refractivity contribution is -0.114. The van der Waals surface area contributed by atoms with E-state index in [1.54, 1.807) is 18.3 Å². The van der Waals surface area contributed by atoms with Crippen molar-refractivity contribution >= 4 is 33.0 Å². The number of carbonyl (C=O) groups is 1. The molecule has 1 amide bonds. The van der Waals surface area contributed by atoms with E-state index in [1.807, 2.05) is 23.6 Å². The molecule has 0 spiro atoms. The molecule has 5 nitrogen and oxygen atoms in total. The number of nitrogens with zero attached hydrogens (tertiary/aromatic N) is 3. The van der Waals surface area contributed by atoms with Crippen LogP contribution in [0.25, 0.3) is 0 Å². The van der Waals surface area contributed by atoms with Crippen molar-refractivity contribution in [1.82, 2.24) is 9.40 Å². The van der Waals surface area contributed by atoms with Gasteiger partial charge < -0.3 is 5.32 Å². The summed E-state index contributed by atoms with van der Waals surface area (Å²) < 4.78 is 15.3. The minimum Gasteiger partial charge on any atom is -0.311 e. The summed E-state index contributed by atoms with van der Waals surface area (Å²) in [5, 5.41) is 7.46. The molecule has 1 aliphatic heterocycles. The minimum absolute atomic E-state index is 0.164. The number of hydrogen-bond acceptors (Lipinski definition) is 4. The molecule has 1 atom stereocenters. The van der Waals surface area contributed by atoms with Crippen molar-refractivity contribution in [3.8, 4) is 0 Å². The summed E-state index contributed by atoms with van der Waals surface area (Å²) in [4.78, 5) is 16.7. The molecule has 3 rings (SSSR count). The van der Waals surface area contributed by atoms with E-state index in [-0.39, 0.29) is 22.4 Å². The van der Waals surface area contributed by atoms with Gasteiger partial charge in [0.1, 0.15) is 17.3 Å². The molecule has 1 aromatic carbocycles. The summed E-state index contributed by atoms with van der Waals surface area (Å²) in [5.41, 5.74) is 2.68. The molecule has 0 aliphatic carbocycles. The Morgan fingerprint density at radius 2 is 1.96 bits per heavy atom. The first-order valence-electron chi connectivity index (χ1n) is 8.40. The van der Waals surface area contributed by atoms with Crippen LogP contribution in [-0.4, -0.2) is 38.7 Å². The minimum atomic E-state index is -0.272. The van der Waals surface area contributed by atoms with Gasteiger partial charge in [0.05, 0.1) is 4.86 Å². The maximum absolute atomic E-state index is 13.3. The number of anilines is 1. The third kappa shape index (κ3) is 3.83. The van der Waals surface area contributed by atoms with Gasteiger partial charge in [0.2, 0.25) is 5.91 Å². The molecule has 1 aliphatic rings. The van der Waals surface area contributed by atoms with Crippen LogP contribution in [0.4, 0.5) is 10.2 Å². The number of hydrazone groups is 1. The number of aromatic nitrogens is 1. The number of rotatable bonds is 5. The smallest absolute Gasteiger partial charge is 0.222 e. The van der Waals surface area contributed by atoms with Gasteiger partial charge in [-0.2, -0.15) is 5.10 Å². The van der Waals surface area contributed by atoms with Crippen LogP contribution in [0.15, 0.2) is 47.7 Å². The highest BCUT2D eigenvalue weighted by Gasteiger charge is 2.25. The van der Waals surface area contributed by atoms with Crippen molar-refractivity contribution in [3.63, 3.8) is 0 Å². The molecular weight excluding hydrogens is 351 g/mol. The summed E-state index contributed by atoms with van der Waals surface area (Å²) in [6.45, 7) is 3.60. The molecule has 0 saturated heterocycles. The fourth-order valence-electron chi connectivity index (χ4n) is 2.80. The lowest BCUT2D eigenvalue weighted by atomic mass is 10.0. The van der Waals surface area contributed by atoms with E-state index in [0.717, 1.165) is 33.9 Å². The molecule has 136 valence electrons. The SMILES string of the molecule is CCCS1=C(c2ccnc(NC(C)=O)c2)C(c2ccc(F)cc2)=NN1C. The molecule has 0 radical (unpaired) electrons. The van der Waals surface area contributed by atoms with Crippen LogP contribution in [0, 0.1) is 5.82 Å². The molecule has 1 N–H and O–H groups in total. The standard InChI is InChI=1S/C19H21FN4OS/c1-4-11-26-19(15-9-10-21-17(12-15)22-13(2)25)18(23-24(26)3)14-5-7-16(20)8-6-14/h5-10,12H,4,11H2,1-3H3,(H,21,22,25). The van der Waals surface area contributed by atoms with Crippen molar-refractivity contribution in [2.75, 3.05) is 18.1 Å². The summed E-state index contributed by atoms with van der Waals surface area (Å²) in [5.74, 6) is 1.04. The van der Waals surface area contributed by atoms with Crippen LogP contribution in [0.2, 0.25) is 0 Å². The predicted molar refractivity (Wildman–Crippen MR) is 106 cm³/mol. The number of benzene rings is 1. The summed E-state index contributed by atoms with van der Waals surface area (Å²) in [6.07, 6.45) is 2.70. The van der Waals surface area contributed by atoms with Crippen molar-refractivity contribution < 1.29 is 9.18 Å². The maximum Gasteiger partial charge on any atom is 0.222 e. The fourth-order valence-corrected chi connectivity index (χ4v) is 4.88. The van der Waals surface area contributed by atoms with Gasteiger partial charge >= 0.3 is 0 Å². The van der Waals surface area contributed by atoms with Gasteiger partial charge in [0.15, 0.2) is 0 Å². The first kappa shape index (κ1) is 18.3. The van der Waals surface area contributed by atoms with Crippen LogP contribution in [-0.2, 0) is 4.79 Å². The number of nitrogens with one attached hydrogen (secondary N) is 1. The van der Waals surface area contributed by atoms with Gasteiger partial charge in [0, 0.05) is 31.5 Å². The van der Waals surface area contributed by atoms with E-state index in [2.05, 4.69) is 17.2 Å². The van der Waals surface area contributed by atoms with Gasteiger partial charge in [-0.25, -0.2) is 13.8 Å². The Bertz CT molecular complexity index is 893. The summed E-state index contributed by atoms with van der Waals surface area (Å²) >= 11 is 0. The molecule has 26 heavy (non-hydrogen) atoms. The Kier molecular flexibility index (Phi) is 5.46. The number of hydrogen-bond donors (Lipinski definition) is 1. The molecule has 1 aromatic heterocycles. The third-order valence-corrected chi connectivity index (χ3v) is 6.27. The quantitative estimate of drug-likeness (QED) is 0.815. The van der Waals surface area contributed by atoms with Gasteiger partial charge in [-0.15, -0.1) is 0 Å². The van der Waals surface area contributed by atoms with Crippen molar-refractivity contribution in [3.05, 3.63) is 59.5 Å². The third-order valence-electron chi connectivity index (χ3n) is 3.85. The molecule has 2 heterocycles. The van der Waals surface area contributed by atoms with Crippen molar-refractivity contribution in [2.24, 2.45) is 5.10 Å². The highest BCUT2D eigenvalue weighted by molar-refractivity contribution is 8.15. The average molecular weight is 372 g/mol. The lowest BCUT2D eigenvalue weighted by Gasteiger charge is -2.15. The highest BCUT2D eigenvalue weighted by Crippen LogP contribution is 2.33. The zero-order chi connectivity index (χ0) is 18.7. The van der Waals surface area contributed by atoms with E-state index in [0.29, 0.717) is 5.82 Å². The fraction of sp³-hybridized carbons (Fsp3) is 0.263. The Balaban J connectivity index is 2.10. The van der Waals surface area contributed by atoms with E-state index in [4.69, 9.17) is 5.10 Å².